The lowest BCUT2D eigenvalue weighted by molar-refractivity contribution is 0.198. The van der Waals surface area contributed by atoms with Crippen LogP contribution in [0.15, 0.2) is 72.9 Å². The molecule has 9 heteroatoms. The Kier molecular flexibility index (Phi) is 6.35. The zero-order valence-electron chi connectivity index (χ0n) is 19.0. The van der Waals surface area contributed by atoms with Crippen LogP contribution in [0.3, 0.4) is 0 Å². The number of anilines is 1. The van der Waals surface area contributed by atoms with Crippen LogP contribution in [0.1, 0.15) is 23.1 Å². The second kappa shape index (κ2) is 9.88. The van der Waals surface area contributed by atoms with E-state index in [0.29, 0.717) is 6.54 Å². The van der Waals surface area contributed by atoms with Crippen LogP contribution in [0.4, 0.5) is 5.69 Å². The van der Waals surface area contributed by atoms with Crippen LogP contribution in [0.25, 0.3) is 0 Å². The van der Waals surface area contributed by atoms with Crippen molar-refractivity contribution >= 4 is 5.69 Å². The highest BCUT2D eigenvalue weighted by Crippen LogP contribution is 2.28. The summed E-state index contributed by atoms with van der Waals surface area (Å²) in [4.78, 5) is 9.37. The van der Waals surface area contributed by atoms with Gasteiger partial charge in [0.25, 0.3) is 0 Å². The summed E-state index contributed by atoms with van der Waals surface area (Å²) in [6, 6.07) is 21.1. The summed E-state index contributed by atoms with van der Waals surface area (Å²) in [5.74, 6) is 1.87. The fourth-order valence-corrected chi connectivity index (χ4v) is 4.35. The van der Waals surface area contributed by atoms with E-state index in [0.717, 1.165) is 54.7 Å². The molecule has 2 aromatic carbocycles. The molecule has 1 atom stereocenters. The van der Waals surface area contributed by atoms with Crippen LogP contribution in [0.2, 0.25) is 0 Å². The van der Waals surface area contributed by atoms with Crippen LogP contribution < -0.4 is 9.64 Å². The van der Waals surface area contributed by atoms with Gasteiger partial charge in [0.1, 0.15) is 17.5 Å². The number of rotatable bonds is 7. The molecule has 1 aliphatic heterocycles. The van der Waals surface area contributed by atoms with Crippen LogP contribution in [-0.4, -0.2) is 68.5 Å². The van der Waals surface area contributed by atoms with Gasteiger partial charge in [0.2, 0.25) is 0 Å². The number of ether oxygens (including phenoxy) is 1. The molecule has 0 radical (unpaired) electrons. The number of piperazine rings is 1. The number of aromatic hydroxyl groups is 1. The topological polar surface area (TPSA) is 92.4 Å². The first kappa shape index (κ1) is 21.8. The van der Waals surface area contributed by atoms with Crippen LogP contribution >= 0.6 is 0 Å². The van der Waals surface area contributed by atoms with Crippen molar-refractivity contribution in [1.82, 2.24) is 30.1 Å². The number of hydrogen-bond acceptors (Lipinski definition) is 8. The molecule has 1 N–H and O–H groups in total. The van der Waals surface area contributed by atoms with Gasteiger partial charge in [-0.25, -0.2) is 4.68 Å². The third-order valence-corrected chi connectivity index (χ3v) is 6.16. The number of hydrogen-bond donors (Lipinski definition) is 1. The van der Waals surface area contributed by atoms with E-state index in [4.69, 9.17) is 4.74 Å². The third kappa shape index (κ3) is 4.69. The van der Waals surface area contributed by atoms with Crippen molar-refractivity contribution < 1.29 is 9.84 Å². The van der Waals surface area contributed by atoms with Gasteiger partial charge in [-0.05, 0) is 64.5 Å². The van der Waals surface area contributed by atoms with Gasteiger partial charge in [-0.15, -0.1) is 5.10 Å². The molecule has 2 aromatic heterocycles. The van der Waals surface area contributed by atoms with Crippen molar-refractivity contribution in [1.29, 1.82) is 0 Å². The van der Waals surface area contributed by atoms with Gasteiger partial charge in [0, 0.05) is 38.1 Å². The molecule has 3 heterocycles. The van der Waals surface area contributed by atoms with Crippen molar-refractivity contribution in [3.8, 4) is 11.5 Å². The lowest BCUT2D eigenvalue weighted by Gasteiger charge is -2.39. The summed E-state index contributed by atoms with van der Waals surface area (Å²) in [5, 5.41) is 22.4. The highest BCUT2D eigenvalue weighted by Gasteiger charge is 2.31. The van der Waals surface area contributed by atoms with Crippen molar-refractivity contribution in [2.75, 3.05) is 38.2 Å². The lowest BCUT2D eigenvalue weighted by Crippen LogP contribution is -2.48. The fourth-order valence-electron chi connectivity index (χ4n) is 4.35. The monoisotopic (exact) mass is 457 g/mol. The number of phenolic OH excluding ortho intramolecular Hbond substituents is 1. The summed E-state index contributed by atoms with van der Waals surface area (Å²) in [5.41, 5.74) is 3.12. The van der Waals surface area contributed by atoms with Crippen molar-refractivity contribution in [3.63, 3.8) is 0 Å². The maximum absolute atomic E-state index is 9.60. The molecule has 0 spiro atoms. The number of benzene rings is 2. The summed E-state index contributed by atoms with van der Waals surface area (Å²) >= 11 is 0. The summed E-state index contributed by atoms with van der Waals surface area (Å²) in [6.07, 6.45) is 1.81. The Morgan fingerprint density at radius 3 is 2.38 bits per heavy atom. The normalized spacial score (nSPS) is 15.3. The Labute approximate surface area is 198 Å². The molecule has 9 nitrogen and oxygen atoms in total. The number of methoxy groups -OCH3 is 1. The van der Waals surface area contributed by atoms with E-state index in [-0.39, 0.29) is 11.8 Å². The minimum atomic E-state index is -0.156. The van der Waals surface area contributed by atoms with Crippen LogP contribution in [-0.2, 0) is 6.54 Å². The predicted octanol–water partition coefficient (Wildman–Crippen LogP) is 2.74. The second-order valence-corrected chi connectivity index (χ2v) is 8.24. The van der Waals surface area contributed by atoms with Crippen LogP contribution in [0, 0.1) is 0 Å². The van der Waals surface area contributed by atoms with E-state index < -0.39 is 0 Å². The van der Waals surface area contributed by atoms with Gasteiger partial charge < -0.3 is 14.7 Å². The molecule has 34 heavy (non-hydrogen) atoms. The largest absolute Gasteiger partial charge is 0.508 e. The summed E-state index contributed by atoms with van der Waals surface area (Å²) < 4.78 is 7.13. The zero-order valence-corrected chi connectivity index (χ0v) is 19.0. The molecule has 0 bridgehead atoms. The van der Waals surface area contributed by atoms with Gasteiger partial charge in [0.15, 0.2) is 5.82 Å². The Balaban J connectivity index is 1.39. The first-order valence-electron chi connectivity index (χ1n) is 11.3. The Morgan fingerprint density at radius 1 is 0.941 bits per heavy atom. The molecule has 0 amide bonds. The number of pyridine rings is 1. The number of phenols is 1. The molecule has 1 fully saturated rings. The van der Waals surface area contributed by atoms with E-state index in [9.17, 15) is 5.11 Å². The predicted molar refractivity (Wildman–Crippen MR) is 128 cm³/mol. The van der Waals surface area contributed by atoms with E-state index >= 15 is 0 Å². The van der Waals surface area contributed by atoms with Crippen LogP contribution in [0.5, 0.6) is 11.5 Å². The molecule has 0 aliphatic carbocycles. The van der Waals surface area contributed by atoms with Gasteiger partial charge in [-0.3, -0.25) is 9.88 Å². The fraction of sp³-hybridized carbons (Fsp3) is 0.280. The van der Waals surface area contributed by atoms with E-state index in [1.54, 1.807) is 19.2 Å². The van der Waals surface area contributed by atoms with Gasteiger partial charge in [-0.1, -0.05) is 18.2 Å². The summed E-state index contributed by atoms with van der Waals surface area (Å²) in [6.45, 7) is 3.93. The van der Waals surface area contributed by atoms with Crippen molar-refractivity contribution in [3.05, 3.63) is 90.0 Å². The molecular formula is C25H27N7O2. The number of aromatic nitrogens is 5. The Bertz CT molecular complexity index is 1190. The van der Waals surface area contributed by atoms with E-state index in [2.05, 4.69) is 30.3 Å². The molecule has 4 aromatic rings. The second-order valence-electron chi connectivity index (χ2n) is 8.24. The standard InChI is InChI=1S/C25H27N7O2/c1-34-22-11-5-19(6-12-22)18-32-25(27-28-29-32)24(23-4-2-3-13-26-23)31-16-14-30(15-17-31)20-7-9-21(33)10-8-20/h2-13,24,33H,14-18H2,1H3/t24-/m1/s1. The summed E-state index contributed by atoms with van der Waals surface area (Å²) in [7, 11) is 1.66. The maximum Gasteiger partial charge on any atom is 0.174 e. The smallest absolute Gasteiger partial charge is 0.174 e. The minimum Gasteiger partial charge on any atom is -0.508 e. The molecule has 5 rings (SSSR count). The number of nitrogens with zero attached hydrogens (tertiary/aromatic N) is 7. The molecular weight excluding hydrogens is 430 g/mol. The zero-order chi connectivity index (χ0) is 23.3. The molecule has 1 saturated heterocycles. The first-order chi connectivity index (χ1) is 16.7. The minimum absolute atomic E-state index is 0.156. The quantitative estimate of drug-likeness (QED) is 0.453. The van der Waals surface area contributed by atoms with Gasteiger partial charge in [0.05, 0.1) is 19.3 Å². The Morgan fingerprint density at radius 2 is 1.71 bits per heavy atom. The average molecular weight is 458 g/mol. The highest BCUT2D eigenvalue weighted by atomic mass is 16.5. The van der Waals surface area contributed by atoms with Crippen molar-refractivity contribution in [2.24, 2.45) is 0 Å². The average Bonchev–Trinajstić information content (AvgIpc) is 3.34. The SMILES string of the molecule is COc1ccc(Cn2nnnc2[C@@H](c2ccccn2)N2CCN(c3ccc(O)cc3)CC2)cc1. The Hall–Kier alpha value is -3.98. The van der Waals surface area contributed by atoms with Gasteiger partial charge in [-0.2, -0.15) is 0 Å². The number of tetrazole rings is 1. The molecule has 0 unspecified atom stereocenters. The highest BCUT2D eigenvalue weighted by molar-refractivity contribution is 5.49. The van der Waals surface area contributed by atoms with E-state index in [1.807, 2.05) is 65.5 Å². The lowest BCUT2D eigenvalue weighted by atomic mass is 10.1. The third-order valence-electron chi connectivity index (χ3n) is 6.16. The first-order valence-corrected chi connectivity index (χ1v) is 11.3. The maximum atomic E-state index is 9.60. The van der Waals surface area contributed by atoms with Crippen molar-refractivity contribution in [2.45, 2.75) is 12.6 Å². The van der Waals surface area contributed by atoms with Gasteiger partial charge >= 0.3 is 0 Å². The van der Waals surface area contributed by atoms with E-state index in [1.165, 1.54) is 0 Å². The molecule has 1 aliphatic rings. The molecule has 0 saturated carbocycles. The molecule has 174 valence electrons.